The molecule has 0 bridgehead atoms. The first kappa shape index (κ1) is 32.6. The van der Waals surface area contributed by atoms with Crippen LogP contribution in [-0.2, 0) is 0 Å². The Morgan fingerprint density at radius 1 is 0.545 bits per heavy atom. The molecule has 2 aromatic heterocycles. The number of nitrogens with zero attached hydrogens (tertiary/aromatic N) is 5. The monoisotopic (exact) mass is 713 g/mol. The fourth-order valence-electron chi connectivity index (χ4n) is 8.41. The maximum atomic E-state index is 7.09. The summed E-state index contributed by atoms with van der Waals surface area (Å²) in [5.74, 6) is 1.50. The molecule has 1 aliphatic rings. The van der Waals surface area contributed by atoms with Crippen molar-refractivity contribution < 1.29 is 4.74 Å². The van der Waals surface area contributed by atoms with Crippen molar-refractivity contribution in [2.75, 3.05) is 16.5 Å². The zero-order valence-corrected chi connectivity index (χ0v) is 31.0. The van der Waals surface area contributed by atoms with Gasteiger partial charge in [-0.05, 0) is 86.0 Å². The first-order valence-electron chi connectivity index (χ1n) is 18.7. The molecular weight excluding hydrogens is 675 g/mol. The van der Waals surface area contributed by atoms with Gasteiger partial charge in [-0.3, -0.25) is 0 Å². The molecule has 6 nitrogen and oxygen atoms in total. The fourth-order valence-corrected chi connectivity index (χ4v) is 8.41. The molecule has 0 amide bonds. The van der Waals surface area contributed by atoms with Crippen molar-refractivity contribution in [1.29, 1.82) is 0 Å². The van der Waals surface area contributed by atoms with Gasteiger partial charge in [-0.15, -0.1) is 0 Å². The first-order valence-corrected chi connectivity index (χ1v) is 18.7. The van der Waals surface area contributed by atoms with Gasteiger partial charge in [0.05, 0.1) is 34.3 Å². The molecule has 0 aliphatic carbocycles. The normalized spacial score (nSPS) is 12.5. The number of para-hydroxylation sites is 4. The molecule has 9 aromatic rings. The van der Waals surface area contributed by atoms with E-state index in [1.165, 1.54) is 33.5 Å². The summed E-state index contributed by atoms with van der Waals surface area (Å²) in [6.45, 7) is 7.28. The Kier molecular flexibility index (Phi) is 7.77. The standard InChI is InChI=1S/C49H39N5O/c1-33-25-34(2)48(35(3)26-33)52-32-51(45-23-12-13-24-46(45)52)40-28-43-42-21-10-11-22-44(42)54(38-17-8-5-9-18-38)49(43)47(29-40)55-41-20-14-19-39(27-41)53-31-37(30-50-53)36-15-6-4-7-16-36/h4-31H,32H2,1-3H3. The summed E-state index contributed by atoms with van der Waals surface area (Å²) >= 11 is 0. The topological polar surface area (TPSA) is 38.5 Å². The van der Waals surface area contributed by atoms with Crippen molar-refractivity contribution in [3.63, 3.8) is 0 Å². The minimum atomic E-state index is 0.672. The molecule has 55 heavy (non-hydrogen) atoms. The highest BCUT2D eigenvalue weighted by atomic mass is 16.5. The van der Waals surface area contributed by atoms with Crippen LogP contribution in [0.15, 0.2) is 170 Å². The smallest absolute Gasteiger partial charge is 0.154 e. The quantitative estimate of drug-likeness (QED) is 0.165. The molecule has 0 spiro atoms. The lowest BCUT2D eigenvalue weighted by Gasteiger charge is -2.26. The Hall–Kier alpha value is -7.05. The van der Waals surface area contributed by atoms with Crippen LogP contribution in [0.5, 0.6) is 11.5 Å². The van der Waals surface area contributed by atoms with Gasteiger partial charge in [0.1, 0.15) is 12.4 Å². The Bertz CT molecular complexity index is 2850. The second kappa shape index (κ2) is 13.1. The van der Waals surface area contributed by atoms with Crippen LogP contribution in [0.4, 0.5) is 22.7 Å². The molecule has 3 heterocycles. The van der Waals surface area contributed by atoms with Gasteiger partial charge < -0.3 is 19.1 Å². The summed E-state index contributed by atoms with van der Waals surface area (Å²) in [5.41, 5.74) is 14.8. The lowest BCUT2D eigenvalue weighted by molar-refractivity contribution is 0.486. The number of hydrogen-bond donors (Lipinski definition) is 0. The minimum Gasteiger partial charge on any atom is -0.455 e. The molecule has 0 fully saturated rings. The van der Waals surface area contributed by atoms with Gasteiger partial charge in [0.25, 0.3) is 0 Å². The van der Waals surface area contributed by atoms with Gasteiger partial charge in [-0.2, -0.15) is 5.10 Å². The zero-order chi connectivity index (χ0) is 37.0. The van der Waals surface area contributed by atoms with Crippen LogP contribution < -0.4 is 14.5 Å². The van der Waals surface area contributed by atoms with Crippen LogP contribution in [0.1, 0.15) is 16.7 Å². The highest BCUT2D eigenvalue weighted by Gasteiger charge is 2.31. The largest absolute Gasteiger partial charge is 0.455 e. The average Bonchev–Trinajstić information content (AvgIpc) is 3.94. The van der Waals surface area contributed by atoms with E-state index in [0.29, 0.717) is 6.67 Å². The summed E-state index contributed by atoms with van der Waals surface area (Å²) in [7, 11) is 0. The number of fused-ring (bicyclic) bond motifs is 4. The van der Waals surface area contributed by atoms with Gasteiger partial charge in [-0.25, -0.2) is 4.68 Å². The summed E-state index contributed by atoms with van der Waals surface area (Å²) in [6.07, 6.45) is 3.97. The summed E-state index contributed by atoms with van der Waals surface area (Å²) in [6, 6.07) is 55.6. The van der Waals surface area contributed by atoms with Crippen molar-refractivity contribution in [2.45, 2.75) is 20.8 Å². The van der Waals surface area contributed by atoms with Crippen molar-refractivity contribution in [1.82, 2.24) is 14.3 Å². The second-order valence-corrected chi connectivity index (χ2v) is 14.4. The number of rotatable bonds is 7. The maximum absolute atomic E-state index is 7.09. The molecule has 0 saturated carbocycles. The van der Waals surface area contributed by atoms with E-state index in [0.717, 1.165) is 61.8 Å². The zero-order valence-electron chi connectivity index (χ0n) is 31.0. The molecule has 6 heteroatoms. The average molecular weight is 714 g/mol. The van der Waals surface area contributed by atoms with E-state index < -0.39 is 0 Å². The molecule has 0 radical (unpaired) electrons. The van der Waals surface area contributed by atoms with Crippen molar-refractivity contribution in [3.05, 3.63) is 187 Å². The third kappa shape index (κ3) is 5.62. The van der Waals surface area contributed by atoms with Crippen LogP contribution in [-0.4, -0.2) is 21.0 Å². The van der Waals surface area contributed by atoms with E-state index >= 15 is 0 Å². The lowest BCUT2D eigenvalue weighted by Crippen LogP contribution is -2.25. The Labute approximate surface area is 320 Å². The third-order valence-electron chi connectivity index (χ3n) is 10.7. The minimum absolute atomic E-state index is 0.672. The molecular formula is C49H39N5O. The van der Waals surface area contributed by atoms with Crippen LogP contribution in [0.3, 0.4) is 0 Å². The van der Waals surface area contributed by atoms with Crippen LogP contribution in [0, 0.1) is 20.8 Å². The van der Waals surface area contributed by atoms with Crippen LogP contribution in [0.25, 0.3) is 44.3 Å². The predicted octanol–water partition coefficient (Wildman–Crippen LogP) is 12.6. The van der Waals surface area contributed by atoms with Crippen molar-refractivity contribution in [3.8, 4) is 34.0 Å². The van der Waals surface area contributed by atoms with Crippen molar-refractivity contribution >= 4 is 44.6 Å². The molecule has 0 N–H and O–H groups in total. The van der Waals surface area contributed by atoms with Gasteiger partial charge in [-0.1, -0.05) is 103 Å². The van der Waals surface area contributed by atoms with Crippen LogP contribution in [0.2, 0.25) is 0 Å². The molecule has 7 aromatic carbocycles. The van der Waals surface area contributed by atoms with Crippen LogP contribution >= 0.6 is 0 Å². The molecule has 10 rings (SSSR count). The highest BCUT2D eigenvalue weighted by molar-refractivity contribution is 6.13. The number of anilines is 4. The molecule has 266 valence electrons. The Morgan fingerprint density at radius 3 is 2.00 bits per heavy atom. The van der Waals surface area contributed by atoms with E-state index in [1.807, 2.05) is 41.2 Å². The highest BCUT2D eigenvalue weighted by Crippen LogP contribution is 2.49. The van der Waals surface area contributed by atoms with E-state index in [-0.39, 0.29) is 0 Å². The van der Waals surface area contributed by atoms with Gasteiger partial charge in [0.2, 0.25) is 0 Å². The number of aryl methyl sites for hydroxylation is 3. The molecule has 0 unspecified atom stereocenters. The number of aromatic nitrogens is 3. The summed E-state index contributed by atoms with van der Waals surface area (Å²) in [5, 5.41) is 7.02. The second-order valence-electron chi connectivity index (χ2n) is 14.4. The van der Waals surface area contributed by atoms with E-state index in [2.05, 4.69) is 169 Å². The van der Waals surface area contributed by atoms with Gasteiger partial charge in [0, 0.05) is 51.7 Å². The predicted molar refractivity (Wildman–Crippen MR) is 226 cm³/mol. The summed E-state index contributed by atoms with van der Waals surface area (Å²) in [4.78, 5) is 4.87. The number of benzene rings is 7. The summed E-state index contributed by atoms with van der Waals surface area (Å²) < 4.78 is 11.3. The van der Waals surface area contributed by atoms with E-state index in [9.17, 15) is 0 Å². The van der Waals surface area contributed by atoms with Crippen molar-refractivity contribution in [2.24, 2.45) is 0 Å². The Morgan fingerprint density at radius 2 is 1.22 bits per heavy atom. The van der Waals surface area contributed by atoms with E-state index in [4.69, 9.17) is 9.84 Å². The van der Waals surface area contributed by atoms with E-state index in [1.54, 1.807) is 0 Å². The molecule has 0 saturated heterocycles. The third-order valence-corrected chi connectivity index (χ3v) is 10.7. The van der Waals surface area contributed by atoms with Gasteiger partial charge >= 0.3 is 0 Å². The first-order chi connectivity index (χ1) is 27.0. The fraction of sp³-hybridized carbons (Fsp3) is 0.0816. The number of ether oxygens (including phenoxy) is 1. The van der Waals surface area contributed by atoms with Gasteiger partial charge in [0.15, 0.2) is 5.75 Å². The molecule has 1 aliphatic heterocycles. The SMILES string of the molecule is Cc1cc(C)c(N2CN(c3cc(Oc4cccc(-n5cc(-c6ccccc6)cn5)c4)c4c(c3)c3ccccc3n4-c3ccccc3)c3ccccc32)c(C)c1. The maximum Gasteiger partial charge on any atom is 0.154 e. The molecule has 0 atom stereocenters. The Balaban J connectivity index is 1.14. The number of hydrogen-bond acceptors (Lipinski definition) is 4. The lowest BCUT2D eigenvalue weighted by atomic mass is 10.0.